The fourth-order valence-corrected chi connectivity index (χ4v) is 4.54. The molecule has 9 nitrogen and oxygen atoms in total. The van der Waals surface area contributed by atoms with Crippen LogP contribution < -0.4 is 10.1 Å². The van der Waals surface area contributed by atoms with Gasteiger partial charge in [-0.1, -0.05) is 17.3 Å². The number of carbonyl (C=O) groups is 2. The zero-order valence-corrected chi connectivity index (χ0v) is 19.0. The van der Waals surface area contributed by atoms with Crippen molar-refractivity contribution in [3.05, 3.63) is 47.8 Å². The molecule has 2 saturated heterocycles. The summed E-state index contributed by atoms with van der Waals surface area (Å²) in [5, 5.41) is 13.1. The predicted molar refractivity (Wildman–Crippen MR) is 120 cm³/mol. The van der Waals surface area contributed by atoms with Crippen molar-refractivity contribution in [3.8, 4) is 5.75 Å². The van der Waals surface area contributed by atoms with Crippen LogP contribution in [-0.2, 0) is 11.2 Å². The number of carbonyl (C=O) groups excluding carboxylic acids is 2. The van der Waals surface area contributed by atoms with E-state index in [0.29, 0.717) is 56.5 Å². The molecule has 0 radical (unpaired) electrons. The molecule has 2 N–H and O–H groups in total. The third-order valence-electron chi connectivity index (χ3n) is 6.38. The number of halogens is 3. The van der Waals surface area contributed by atoms with Crippen molar-refractivity contribution in [1.29, 1.82) is 0 Å². The molecule has 2 fully saturated rings. The summed E-state index contributed by atoms with van der Waals surface area (Å²) in [5.41, 5.74) is 1.47. The van der Waals surface area contributed by atoms with E-state index in [1.54, 1.807) is 17.2 Å². The van der Waals surface area contributed by atoms with Gasteiger partial charge in [0.15, 0.2) is 0 Å². The van der Waals surface area contributed by atoms with E-state index in [-0.39, 0.29) is 17.7 Å². The van der Waals surface area contributed by atoms with E-state index in [2.05, 4.69) is 25.5 Å². The third-order valence-corrected chi connectivity index (χ3v) is 6.38. The molecule has 12 heteroatoms. The Morgan fingerprint density at radius 2 is 1.80 bits per heavy atom. The monoisotopic (exact) mass is 492 g/mol. The molecule has 1 unspecified atom stereocenters. The summed E-state index contributed by atoms with van der Waals surface area (Å²) in [6, 6.07) is 5.27. The van der Waals surface area contributed by atoms with Crippen LogP contribution in [0.15, 0.2) is 36.5 Å². The van der Waals surface area contributed by atoms with Crippen molar-refractivity contribution in [3.63, 3.8) is 0 Å². The van der Waals surface area contributed by atoms with Crippen molar-refractivity contribution in [2.45, 2.75) is 25.6 Å². The smallest absolute Gasteiger partial charge is 0.406 e. The highest BCUT2D eigenvalue weighted by atomic mass is 19.4. The third kappa shape index (κ3) is 6.96. The van der Waals surface area contributed by atoms with Crippen LogP contribution in [0.1, 0.15) is 24.1 Å². The van der Waals surface area contributed by atoms with Gasteiger partial charge in [-0.3, -0.25) is 9.89 Å². The van der Waals surface area contributed by atoms with E-state index in [1.807, 2.05) is 4.90 Å². The molecular weight excluding hydrogens is 465 g/mol. The van der Waals surface area contributed by atoms with Gasteiger partial charge in [0, 0.05) is 45.2 Å². The Labute approximate surface area is 200 Å². The fraction of sp³-hybridized carbons (Fsp3) is 0.478. The van der Waals surface area contributed by atoms with Gasteiger partial charge in [0.25, 0.3) is 0 Å². The number of H-pyrrole nitrogens is 1. The average molecular weight is 493 g/mol. The van der Waals surface area contributed by atoms with Crippen LogP contribution in [0.2, 0.25) is 0 Å². The minimum Gasteiger partial charge on any atom is -0.406 e. The van der Waals surface area contributed by atoms with E-state index >= 15 is 0 Å². The maximum Gasteiger partial charge on any atom is 0.573 e. The SMILES string of the molecule is O=C(/C=C/c1ccc(OC(F)(F)F)cc1)N1CCC2CN(C(=O)NCCc3cnn[nH]3)C[C@H]2CC1. The molecule has 4 rings (SSSR count). The van der Waals surface area contributed by atoms with Crippen molar-refractivity contribution >= 4 is 18.0 Å². The van der Waals surface area contributed by atoms with Gasteiger partial charge in [-0.15, -0.1) is 18.3 Å². The lowest BCUT2D eigenvalue weighted by molar-refractivity contribution is -0.274. The van der Waals surface area contributed by atoms with Gasteiger partial charge in [0.1, 0.15) is 5.75 Å². The first kappa shape index (κ1) is 24.6. The molecule has 188 valence electrons. The van der Waals surface area contributed by atoms with E-state index in [1.165, 1.54) is 30.3 Å². The molecule has 1 aromatic heterocycles. The van der Waals surface area contributed by atoms with Gasteiger partial charge in [-0.25, -0.2) is 4.79 Å². The predicted octanol–water partition coefficient (Wildman–Crippen LogP) is 2.84. The van der Waals surface area contributed by atoms with E-state index in [4.69, 9.17) is 0 Å². The molecule has 1 aromatic carbocycles. The molecule has 0 bridgehead atoms. The zero-order valence-electron chi connectivity index (χ0n) is 19.0. The Hall–Kier alpha value is -3.57. The number of nitrogens with zero attached hydrogens (tertiary/aromatic N) is 4. The minimum atomic E-state index is -4.74. The molecule has 3 heterocycles. The number of aromatic amines is 1. The largest absolute Gasteiger partial charge is 0.573 e. The van der Waals surface area contributed by atoms with Crippen LogP contribution in [0, 0.1) is 11.8 Å². The highest BCUT2D eigenvalue weighted by Crippen LogP contribution is 2.32. The number of likely N-dealkylation sites (tertiary alicyclic amines) is 2. The van der Waals surface area contributed by atoms with Crippen LogP contribution in [0.4, 0.5) is 18.0 Å². The molecular formula is C23H27F3N6O3. The number of alkyl halides is 3. The normalized spacial score (nSPS) is 20.5. The Morgan fingerprint density at radius 1 is 1.11 bits per heavy atom. The van der Waals surface area contributed by atoms with Gasteiger partial charge in [0.05, 0.1) is 11.9 Å². The van der Waals surface area contributed by atoms with Crippen LogP contribution in [0.5, 0.6) is 5.75 Å². The molecule has 0 spiro atoms. The van der Waals surface area contributed by atoms with Crippen LogP contribution in [0.25, 0.3) is 6.08 Å². The zero-order chi connectivity index (χ0) is 24.8. The summed E-state index contributed by atoms with van der Waals surface area (Å²) in [5.74, 6) is 0.252. The van der Waals surface area contributed by atoms with Crippen LogP contribution in [0.3, 0.4) is 0 Å². The first-order chi connectivity index (χ1) is 16.8. The molecule has 3 amide bonds. The quantitative estimate of drug-likeness (QED) is 0.604. The summed E-state index contributed by atoms with van der Waals surface area (Å²) in [4.78, 5) is 28.8. The number of ether oxygens (including phenoxy) is 1. The van der Waals surface area contributed by atoms with E-state index in [0.717, 1.165) is 18.5 Å². The summed E-state index contributed by atoms with van der Waals surface area (Å²) in [6.07, 6.45) is 2.18. The fourth-order valence-electron chi connectivity index (χ4n) is 4.54. The summed E-state index contributed by atoms with van der Waals surface area (Å²) in [7, 11) is 0. The highest BCUT2D eigenvalue weighted by molar-refractivity contribution is 5.91. The Morgan fingerprint density at radius 3 is 2.40 bits per heavy atom. The van der Waals surface area contributed by atoms with Gasteiger partial charge >= 0.3 is 12.4 Å². The molecule has 2 aliphatic rings. The number of amides is 3. The number of hydrogen-bond donors (Lipinski definition) is 2. The minimum absolute atomic E-state index is 0.0759. The van der Waals surface area contributed by atoms with E-state index < -0.39 is 6.36 Å². The highest BCUT2D eigenvalue weighted by Gasteiger charge is 2.37. The van der Waals surface area contributed by atoms with Crippen LogP contribution in [-0.4, -0.2) is 76.2 Å². The molecule has 0 saturated carbocycles. The molecule has 2 aliphatic heterocycles. The average Bonchev–Trinajstić information content (AvgIpc) is 3.43. The lowest BCUT2D eigenvalue weighted by Crippen LogP contribution is -2.40. The lowest BCUT2D eigenvalue weighted by Gasteiger charge is -2.21. The number of benzene rings is 1. The second-order valence-corrected chi connectivity index (χ2v) is 8.74. The number of nitrogens with one attached hydrogen (secondary N) is 2. The maximum atomic E-state index is 12.7. The Balaban J connectivity index is 1.22. The first-order valence-corrected chi connectivity index (χ1v) is 11.5. The summed E-state index contributed by atoms with van der Waals surface area (Å²) in [6.45, 7) is 3.05. The molecule has 2 atom stereocenters. The van der Waals surface area contributed by atoms with Gasteiger partial charge in [0.2, 0.25) is 5.91 Å². The van der Waals surface area contributed by atoms with Crippen LogP contribution >= 0.6 is 0 Å². The molecule has 2 aromatic rings. The van der Waals surface area contributed by atoms with Crippen molar-refractivity contribution in [2.24, 2.45) is 11.8 Å². The van der Waals surface area contributed by atoms with Crippen molar-refractivity contribution in [1.82, 2.24) is 30.5 Å². The van der Waals surface area contributed by atoms with Gasteiger partial charge in [-0.05, 0) is 48.4 Å². The number of rotatable bonds is 6. The number of aromatic nitrogens is 3. The van der Waals surface area contributed by atoms with Crippen molar-refractivity contribution < 1.29 is 27.5 Å². The first-order valence-electron chi connectivity index (χ1n) is 11.5. The summed E-state index contributed by atoms with van der Waals surface area (Å²) >= 11 is 0. The number of hydrogen-bond acceptors (Lipinski definition) is 5. The second kappa shape index (κ2) is 10.8. The number of fused-ring (bicyclic) bond motifs is 1. The van der Waals surface area contributed by atoms with Gasteiger partial charge < -0.3 is 19.9 Å². The van der Waals surface area contributed by atoms with Crippen molar-refractivity contribution in [2.75, 3.05) is 32.7 Å². The maximum absolute atomic E-state index is 12.7. The van der Waals surface area contributed by atoms with E-state index in [9.17, 15) is 22.8 Å². The molecule has 35 heavy (non-hydrogen) atoms. The topological polar surface area (TPSA) is 103 Å². The Kier molecular flexibility index (Phi) is 7.57. The Bertz CT molecular complexity index is 1010. The summed E-state index contributed by atoms with van der Waals surface area (Å²) < 4.78 is 40.6. The standard InChI is InChI=1S/C23H27F3N6O3/c24-23(25,26)35-20-4-1-16(2-5-20)3-6-21(33)31-11-8-17-14-32(15-18(17)9-12-31)22(34)27-10-7-19-13-28-30-29-19/h1-6,13,17-18H,7-12,14-15H2,(H,27,34)(H,28,29,30)/b6-3+/t17-,18?/m1/s1. The lowest BCUT2D eigenvalue weighted by atomic mass is 9.92. The molecule has 0 aliphatic carbocycles. The van der Waals surface area contributed by atoms with Gasteiger partial charge in [-0.2, -0.15) is 0 Å². The number of urea groups is 1. The second-order valence-electron chi connectivity index (χ2n) is 8.74.